The van der Waals surface area contributed by atoms with E-state index in [0.717, 1.165) is 5.69 Å². The van der Waals surface area contributed by atoms with E-state index in [9.17, 15) is 4.55 Å². The molecule has 0 amide bonds. The first kappa shape index (κ1) is 12.5. The third-order valence-corrected chi connectivity index (χ3v) is 3.52. The van der Waals surface area contributed by atoms with Crippen LogP contribution in [0.15, 0.2) is 18.2 Å². The van der Waals surface area contributed by atoms with Gasteiger partial charge in [0.1, 0.15) is 11.5 Å². The van der Waals surface area contributed by atoms with Crippen LogP contribution in [0.4, 0.5) is 11.4 Å². The molecule has 0 fully saturated rings. The molecule has 5 heteroatoms. The van der Waals surface area contributed by atoms with E-state index in [1.54, 1.807) is 12.1 Å². The lowest BCUT2D eigenvalue weighted by Crippen LogP contribution is -2.17. The van der Waals surface area contributed by atoms with Crippen molar-refractivity contribution >= 4 is 34.2 Å². The van der Waals surface area contributed by atoms with Crippen molar-refractivity contribution in [1.82, 2.24) is 0 Å². The molecular weight excluding hydrogens is 232 g/mol. The number of hydrogen-bond acceptors (Lipinski definition) is 3. The van der Waals surface area contributed by atoms with Gasteiger partial charge < -0.3 is 15.6 Å². The van der Waals surface area contributed by atoms with Gasteiger partial charge in [-0.3, -0.25) is 0 Å². The first-order valence-corrected chi connectivity index (χ1v) is 6.64. The second kappa shape index (κ2) is 6.10. The summed E-state index contributed by atoms with van der Waals surface area (Å²) in [6, 6.07) is 5.30. The minimum absolute atomic E-state index is 0.616. The van der Waals surface area contributed by atoms with Gasteiger partial charge in [-0.25, -0.2) is 0 Å². The lowest BCUT2D eigenvalue weighted by atomic mass is 10.3. The van der Waals surface area contributed by atoms with Crippen LogP contribution in [0.5, 0.6) is 0 Å². The van der Waals surface area contributed by atoms with Gasteiger partial charge in [0.2, 0.25) is 0 Å². The Balaban J connectivity index is 2.44. The van der Waals surface area contributed by atoms with Gasteiger partial charge in [-0.1, -0.05) is 22.8 Å². The van der Waals surface area contributed by atoms with Crippen molar-refractivity contribution in [3.63, 3.8) is 0 Å². The van der Waals surface area contributed by atoms with Gasteiger partial charge in [0.15, 0.2) is 0 Å². The van der Waals surface area contributed by atoms with Gasteiger partial charge in [-0.2, -0.15) is 0 Å². The number of halogens is 1. The Kier molecular flexibility index (Phi) is 5.08. The molecule has 0 bridgehead atoms. The van der Waals surface area contributed by atoms with Crippen LogP contribution in [0, 0.1) is 0 Å². The number of nitrogen functional groups attached to an aromatic ring is 1. The van der Waals surface area contributed by atoms with Gasteiger partial charge in [0.25, 0.3) is 0 Å². The summed E-state index contributed by atoms with van der Waals surface area (Å²) >= 11 is 5.03. The standard InChI is InChI=1S/C10H15ClN2OS/c1-2-15(14)6-5-13-10-4-3-8(11)7-9(10)12/h3-4,7,13H,2,5-6,12H2,1H3. The molecule has 0 saturated heterocycles. The molecule has 0 saturated carbocycles. The van der Waals surface area contributed by atoms with Crippen molar-refractivity contribution in [3.8, 4) is 0 Å². The highest BCUT2D eigenvalue weighted by Crippen LogP contribution is 2.22. The molecule has 0 heterocycles. The fourth-order valence-corrected chi connectivity index (χ4v) is 1.94. The fourth-order valence-electron chi connectivity index (χ4n) is 1.14. The fraction of sp³-hybridized carbons (Fsp3) is 0.400. The maximum absolute atomic E-state index is 11.2. The summed E-state index contributed by atoms with van der Waals surface area (Å²) < 4.78 is 11.2. The van der Waals surface area contributed by atoms with Crippen molar-refractivity contribution in [3.05, 3.63) is 23.2 Å². The van der Waals surface area contributed by atoms with E-state index in [2.05, 4.69) is 5.32 Å². The SMILES string of the molecule is CC[S+]([O-])CCNc1ccc(Cl)cc1N. The van der Waals surface area contributed by atoms with E-state index in [1.165, 1.54) is 0 Å². The van der Waals surface area contributed by atoms with Crippen LogP contribution in [0.1, 0.15) is 6.92 Å². The summed E-state index contributed by atoms with van der Waals surface area (Å²) in [6.45, 7) is 2.57. The highest BCUT2D eigenvalue weighted by atomic mass is 35.5. The number of anilines is 2. The molecular formula is C10H15ClN2OS. The molecule has 3 nitrogen and oxygen atoms in total. The molecule has 0 spiro atoms. The van der Waals surface area contributed by atoms with Crippen LogP contribution in [0.3, 0.4) is 0 Å². The number of rotatable bonds is 5. The number of nitrogens with one attached hydrogen (secondary N) is 1. The monoisotopic (exact) mass is 246 g/mol. The summed E-state index contributed by atoms with van der Waals surface area (Å²) in [6.07, 6.45) is 0. The first-order valence-electron chi connectivity index (χ1n) is 4.77. The van der Waals surface area contributed by atoms with Crippen LogP contribution < -0.4 is 11.1 Å². The van der Waals surface area contributed by atoms with Crippen molar-refractivity contribution < 1.29 is 4.55 Å². The van der Waals surface area contributed by atoms with Gasteiger partial charge in [-0.05, 0) is 25.1 Å². The van der Waals surface area contributed by atoms with E-state index in [4.69, 9.17) is 17.3 Å². The van der Waals surface area contributed by atoms with Gasteiger partial charge in [0.05, 0.1) is 17.9 Å². The second-order valence-electron chi connectivity index (χ2n) is 3.09. The van der Waals surface area contributed by atoms with E-state index in [-0.39, 0.29) is 0 Å². The molecule has 3 N–H and O–H groups in total. The maximum Gasteiger partial charge on any atom is 0.122 e. The summed E-state index contributed by atoms with van der Waals surface area (Å²) in [4.78, 5) is 0. The second-order valence-corrected chi connectivity index (χ2v) is 5.39. The van der Waals surface area contributed by atoms with Crippen LogP contribution in [0.2, 0.25) is 5.02 Å². The molecule has 1 rings (SSSR count). The highest BCUT2D eigenvalue weighted by molar-refractivity contribution is 7.91. The molecule has 1 aromatic rings. The molecule has 0 aliphatic heterocycles. The summed E-state index contributed by atoms with van der Waals surface area (Å²) in [5.74, 6) is 1.33. The van der Waals surface area contributed by atoms with Crippen LogP contribution in [0.25, 0.3) is 0 Å². The molecule has 0 aliphatic rings. The van der Waals surface area contributed by atoms with Crippen LogP contribution in [-0.2, 0) is 11.2 Å². The summed E-state index contributed by atoms with van der Waals surface area (Å²) in [5.41, 5.74) is 7.20. The Bertz CT molecular complexity index is 322. The van der Waals surface area contributed by atoms with Crippen molar-refractivity contribution in [2.24, 2.45) is 0 Å². The Morgan fingerprint density at radius 1 is 1.53 bits per heavy atom. The van der Waals surface area contributed by atoms with Crippen molar-refractivity contribution in [2.75, 3.05) is 29.1 Å². The zero-order chi connectivity index (χ0) is 11.3. The average molecular weight is 247 g/mol. The van der Waals surface area contributed by atoms with E-state index >= 15 is 0 Å². The minimum Gasteiger partial charge on any atom is -0.616 e. The average Bonchev–Trinajstić information content (AvgIpc) is 2.21. The normalized spacial score (nSPS) is 12.5. The van der Waals surface area contributed by atoms with E-state index < -0.39 is 11.2 Å². The Morgan fingerprint density at radius 2 is 2.27 bits per heavy atom. The number of nitrogens with two attached hydrogens (primary N) is 1. The Hall–Kier alpha value is -0.580. The largest absolute Gasteiger partial charge is 0.616 e. The van der Waals surface area contributed by atoms with Crippen molar-refractivity contribution in [2.45, 2.75) is 6.92 Å². The van der Waals surface area contributed by atoms with Gasteiger partial charge >= 0.3 is 0 Å². The lowest BCUT2D eigenvalue weighted by Gasteiger charge is -2.11. The van der Waals surface area contributed by atoms with Gasteiger partial charge in [0, 0.05) is 5.02 Å². The van der Waals surface area contributed by atoms with E-state index in [1.807, 2.05) is 13.0 Å². The van der Waals surface area contributed by atoms with Crippen LogP contribution in [-0.4, -0.2) is 22.6 Å². The molecule has 1 aromatic carbocycles. The molecule has 0 aromatic heterocycles. The molecule has 0 radical (unpaired) electrons. The van der Waals surface area contributed by atoms with Crippen LogP contribution >= 0.6 is 11.6 Å². The topological polar surface area (TPSA) is 61.1 Å². The van der Waals surface area contributed by atoms with Gasteiger partial charge in [-0.15, -0.1) is 0 Å². The van der Waals surface area contributed by atoms with Crippen molar-refractivity contribution in [1.29, 1.82) is 0 Å². The Labute approximate surface area is 98.2 Å². The third-order valence-electron chi connectivity index (χ3n) is 1.98. The number of benzene rings is 1. The lowest BCUT2D eigenvalue weighted by molar-refractivity contribution is 0.596. The third kappa shape index (κ3) is 4.20. The smallest absolute Gasteiger partial charge is 0.122 e. The molecule has 15 heavy (non-hydrogen) atoms. The quantitative estimate of drug-likeness (QED) is 0.618. The van der Waals surface area contributed by atoms with E-state index in [0.29, 0.717) is 28.8 Å². The molecule has 0 aliphatic carbocycles. The summed E-state index contributed by atoms with van der Waals surface area (Å²) in [5, 5.41) is 3.75. The molecule has 1 unspecified atom stereocenters. The first-order chi connectivity index (χ1) is 7.13. The predicted molar refractivity (Wildman–Crippen MR) is 67.9 cm³/mol. The molecule has 84 valence electrons. The zero-order valence-corrected chi connectivity index (χ0v) is 10.2. The molecule has 1 atom stereocenters. The summed E-state index contributed by atoms with van der Waals surface area (Å²) in [7, 11) is 0. The number of hydrogen-bond donors (Lipinski definition) is 2. The highest BCUT2D eigenvalue weighted by Gasteiger charge is 2.03. The minimum atomic E-state index is -0.741. The maximum atomic E-state index is 11.2. The predicted octanol–water partition coefficient (Wildman–Crippen LogP) is 2.10. The Morgan fingerprint density at radius 3 is 2.87 bits per heavy atom. The zero-order valence-electron chi connectivity index (χ0n) is 8.63.